The first-order chi connectivity index (χ1) is 7.79. The van der Waals surface area contributed by atoms with Crippen LogP contribution in [0.4, 0.5) is 0 Å². The summed E-state index contributed by atoms with van der Waals surface area (Å²) in [6.07, 6.45) is 0.802. The molecule has 6 heteroatoms. The average molecular weight is 264 g/mol. The molecule has 0 spiro atoms. The maximum absolute atomic E-state index is 11.8. The van der Waals surface area contributed by atoms with Gasteiger partial charge in [0.15, 0.2) is 9.84 Å². The molecule has 17 heavy (non-hydrogen) atoms. The molecule has 0 bridgehead atoms. The highest BCUT2D eigenvalue weighted by Gasteiger charge is 2.23. The molecule has 0 aromatic heterocycles. The summed E-state index contributed by atoms with van der Waals surface area (Å²) in [6, 6.07) is 0.238. The minimum absolute atomic E-state index is 0.238. The molecule has 0 saturated heterocycles. The maximum atomic E-state index is 11.8. The van der Waals surface area contributed by atoms with Gasteiger partial charge in [0.2, 0.25) is 5.91 Å². The molecule has 0 aliphatic heterocycles. The summed E-state index contributed by atoms with van der Waals surface area (Å²) in [4.78, 5) is 11.3. The van der Waals surface area contributed by atoms with Gasteiger partial charge in [-0.1, -0.05) is 20.8 Å². The molecular formula is C11H24N2O3S. The van der Waals surface area contributed by atoms with Crippen LogP contribution in [0.15, 0.2) is 0 Å². The van der Waals surface area contributed by atoms with E-state index in [4.69, 9.17) is 0 Å². The molecule has 1 amide bonds. The fraction of sp³-hybridized carbons (Fsp3) is 0.909. The van der Waals surface area contributed by atoms with Crippen LogP contribution in [-0.2, 0) is 14.6 Å². The number of amides is 1. The molecule has 1 unspecified atom stereocenters. The fourth-order valence-electron chi connectivity index (χ4n) is 1.17. The molecule has 102 valence electrons. The van der Waals surface area contributed by atoms with E-state index >= 15 is 0 Å². The number of carbonyl (C=O) groups excluding carboxylic acids is 1. The summed E-state index contributed by atoms with van der Waals surface area (Å²) in [6.45, 7) is 8.34. The second-order valence-electron chi connectivity index (χ2n) is 4.53. The first kappa shape index (κ1) is 16.4. The molecule has 0 radical (unpaired) electrons. The van der Waals surface area contributed by atoms with Crippen molar-refractivity contribution in [3.05, 3.63) is 0 Å². The molecule has 0 aliphatic rings. The van der Waals surface area contributed by atoms with E-state index in [0.717, 1.165) is 6.42 Å². The minimum Gasteiger partial charge on any atom is -0.355 e. The summed E-state index contributed by atoms with van der Waals surface area (Å²) in [7, 11) is -3.36. The first-order valence-corrected chi connectivity index (χ1v) is 7.72. The predicted octanol–water partition coefficient (Wildman–Crippen LogP) is 0.314. The lowest BCUT2D eigenvalue weighted by molar-refractivity contribution is -0.118. The van der Waals surface area contributed by atoms with Gasteiger partial charge in [-0.25, -0.2) is 8.42 Å². The van der Waals surface area contributed by atoms with Crippen LogP contribution in [-0.4, -0.2) is 44.5 Å². The lowest BCUT2D eigenvalue weighted by atomic mass is 10.3. The predicted molar refractivity (Wildman–Crippen MR) is 69.7 cm³/mol. The quantitative estimate of drug-likeness (QED) is 0.662. The number of hydrogen-bond donors (Lipinski definition) is 2. The highest BCUT2D eigenvalue weighted by molar-refractivity contribution is 7.92. The van der Waals surface area contributed by atoms with Gasteiger partial charge in [0.1, 0.15) is 5.75 Å². The Labute approximate surface area is 104 Å². The van der Waals surface area contributed by atoms with E-state index < -0.39 is 26.7 Å². The Bertz CT molecular complexity index is 326. The average Bonchev–Trinajstić information content (AvgIpc) is 2.22. The Morgan fingerprint density at radius 2 is 1.82 bits per heavy atom. The van der Waals surface area contributed by atoms with Crippen LogP contribution in [0.3, 0.4) is 0 Å². The molecule has 0 aliphatic carbocycles. The van der Waals surface area contributed by atoms with Crippen LogP contribution in [0.1, 0.15) is 34.1 Å². The molecule has 0 rings (SSSR count). The van der Waals surface area contributed by atoms with Gasteiger partial charge < -0.3 is 10.6 Å². The van der Waals surface area contributed by atoms with Crippen LogP contribution >= 0.6 is 0 Å². The van der Waals surface area contributed by atoms with E-state index in [-0.39, 0.29) is 6.04 Å². The summed E-state index contributed by atoms with van der Waals surface area (Å²) in [5.74, 6) is -0.836. The molecule has 5 nitrogen and oxygen atoms in total. The highest BCUT2D eigenvalue weighted by Crippen LogP contribution is 2.01. The number of carbonyl (C=O) groups is 1. The van der Waals surface area contributed by atoms with Crippen LogP contribution in [0.2, 0.25) is 0 Å². The van der Waals surface area contributed by atoms with Crippen LogP contribution in [0.25, 0.3) is 0 Å². The van der Waals surface area contributed by atoms with Crippen molar-refractivity contribution in [2.45, 2.75) is 45.4 Å². The van der Waals surface area contributed by atoms with E-state index in [0.29, 0.717) is 13.1 Å². The molecule has 1 atom stereocenters. The van der Waals surface area contributed by atoms with Gasteiger partial charge in [-0.2, -0.15) is 0 Å². The zero-order chi connectivity index (χ0) is 13.5. The minimum atomic E-state index is -3.36. The van der Waals surface area contributed by atoms with Crippen molar-refractivity contribution >= 4 is 15.7 Å². The number of rotatable bonds is 8. The zero-order valence-electron chi connectivity index (χ0n) is 11.1. The van der Waals surface area contributed by atoms with Gasteiger partial charge in [0, 0.05) is 19.1 Å². The van der Waals surface area contributed by atoms with Crippen molar-refractivity contribution in [3.63, 3.8) is 0 Å². The van der Waals surface area contributed by atoms with Gasteiger partial charge in [-0.3, -0.25) is 4.79 Å². The summed E-state index contributed by atoms with van der Waals surface area (Å²) >= 11 is 0. The topological polar surface area (TPSA) is 75.3 Å². The Balaban J connectivity index is 4.22. The maximum Gasteiger partial charge on any atom is 0.235 e. The van der Waals surface area contributed by atoms with Gasteiger partial charge in [0.25, 0.3) is 0 Å². The normalized spacial score (nSPS) is 13.7. The van der Waals surface area contributed by atoms with Crippen molar-refractivity contribution in [2.24, 2.45) is 0 Å². The molecule has 0 fully saturated rings. The third-order valence-electron chi connectivity index (χ3n) is 2.33. The van der Waals surface area contributed by atoms with Crippen molar-refractivity contribution in [2.75, 3.05) is 18.8 Å². The summed E-state index contributed by atoms with van der Waals surface area (Å²) in [5, 5.41) is 5.08. The van der Waals surface area contributed by atoms with Gasteiger partial charge in [-0.05, 0) is 13.3 Å². The second-order valence-corrected chi connectivity index (χ2v) is 6.95. The van der Waals surface area contributed by atoms with Crippen LogP contribution in [0, 0.1) is 0 Å². The molecule has 0 saturated carbocycles. The van der Waals surface area contributed by atoms with Crippen molar-refractivity contribution < 1.29 is 13.2 Å². The van der Waals surface area contributed by atoms with Crippen molar-refractivity contribution in [1.29, 1.82) is 0 Å². The first-order valence-electron chi connectivity index (χ1n) is 6.01. The largest absolute Gasteiger partial charge is 0.355 e. The molecular weight excluding hydrogens is 240 g/mol. The van der Waals surface area contributed by atoms with E-state index in [1.54, 1.807) is 6.92 Å². The fourth-order valence-corrected chi connectivity index (χ4v) is 2.27. The lowest BCUT2D eigenvalue weighted by Gasteiger charge is -2.15. The van der Waals surface area contributed by atoms with E-state index in [2.05, 4.69) is 10.6 Å². The van der Waals surface area contributed by atoms with E-state index in [1.165, 1.54) is 0 Å². The van der Waals surface area contributed by atoms with Crippen LogP contribution < -0.4 is 10.6 Å². The van der Waals surface area contributed by atoms with Crippen molar-refractivity contribution in [1.82, 2.24) is 10.6 Å². The monoisotopic (exact) mass is 264 g/mol. The third-order valence-corrected chi connectivity index (χ3v) is 4.39. The SMILES string of the molecule is CCCNC(=O)CS(=O)(=O)C(C)CNC(C)C. The smallest absolute Gasteiger partial charge is 0.235 e. The Morgan fingerprint density at radius 3 is 2.29 bits per heavy atom. The Hall–Kier alpha value is -0.620. The number of nitrogens with one attached hydrogen (secondary N) is 2. The second kappa shape index (κ2) is 7.66. The highest BCUT2D eigenvalue weighted by atomic mass is 32.2. The molecule has 0 aromatic rings. The lowest BCUT2D eigenvalue weighted by Crippen LogP contribution is -2.39. The standard InChI is InChI=1S/C11H24N2O3S/c1-5-6-12-11(14)8-17(15,16)10(4)7-13-9(2)3/h9-10,13H,5-8H2,1-4H3,(H,12,14). The number of sulfone groups is 1. The molecule has 0 heterocycles. The van der Waals surface area contributed by atoms with Gasteiger partial charge >= 0.3 is 0 Å². The molecule has 0 aromatic carbocycles. The van der Waals surface area contributed by atoms with E-state index in [9.17, 15) is 13.2 Å². The van der Waals surface area contributed by atoms with Crippen LogP contribution in [0.5, 0.6) is 0 Å². The van der Waals surface area contributed by atoms with Gasteiger partial charge in [0.05, 0.1) is 5.25 Å². The van der Waals surface area contributed by atoms with Gasteiger partial charge in [-0.15, -0.1) is 0 Å². The zero-order valence-corrected chi connectivity index (χ0v) is 11.9. The third kappa shape index (κ3) is 7.33. The van der Waals surface area contributed by atoms with Crippen molar-refractivity contribution in [3.8, 4) is 0 Å². The number of hydrogen-bond acceptors (Lipinski definition) is 4. The Morgan fingerprint density at radius 1 is 1.24 bits per heavy atom. The summed E-state index contributed by atoms with van der Waals surface area (Å²) < 4.78 is 23.6. The summed E-state index contributed by atoms with van der Waals surface area (Å²) in [5.41, 5.74) is 0. The van der Waals surface area contributed by atoms with E-state index in [1.807, 2.05) is 20.8 Å². The Kier molecular flexibility index (Phi) is 7.38. The molecule has 2 N–H and O–H groups in total.